The summed E-state index contributed by atoms with van der Waals surface area (Å²) in [7, 11) is 5.64. The summed E-state index contributed by atoms with van der Waals surface area (Å²) in [6, 6.07) is 8.50. The summed E-state index contributed by atoms with van der Waals surface area (Å²) in [5.41, 5.74) is 2.85. The van der Waals surface area contributed by atoms with Gasteiger partial charge in [-0.15, -0.1) is 11.3 Å². The first-order chi connectivity index (χ1) is 11.0. The van der Waals surface area contributed by atoms with Crippen molar-refractivity contribution >= 4 is 17.2 Å². The standard InChI is InChI=1S/C17H23N3O2S/c1-12-5-7-13(8-6-12)15(20(2)3)9-18-17(21)14-11-23-16(19-14)10-22-4/h5-8,11,15H,9-10H2,1-4H3,(H,18,21). The van der Waals surface area contributed by atoms with E-state index in [1.165, 1.54) is 22.5 Å². The molecule has 0 fully saturated rings. The molecule has 0 aliphatic carbocycles. The second kappa shape index (κ2) is 8.19. The molecule has 23 heavy (non-hydrogen) atoms. The first-order valence-corrected chi connectivity index (χ1v) is 8.33. The van der Waals surface area contributed by atoms with Crippen LogP contribution in [0.3, 0.4) is 0 Å². The van der Waals surface area contributed by atoms with Crippen LogP contribution >= 0.6 is 11.3 Å². The Morgan fingerprint density at radius 1 is 1.35 bits per heavy atom. The van der Waals surface area contributed by atoms with E-state index in [4.69, 9.17) is 4.74 Å². The number of hydrogen-bond donors (Lipinski definition) is 1. The van der Waals surface area contributed by atoms with Gasteiger partial charge in [-0.3, -0.25) is 4.79 Å². The molecule has 2 rings (SSSR count). The van der Waals surface area contributed by atoms with Gasteiger partial charge in [0.15, 0.2) is 0 Å². The molecule has 0 radical (unpaired) electrons. The minimum atomic E-state index is -0.150. The third kappa shape index (κ3) is 4.86. The molecule has 6 heteroatoms. The Bertz CT molecular complexity index is 638. The number of aromatic nitrogens is 1. The summed E-state index contributed by atoms with van der Waals surface area (Å²) in [5, 5.41) is 5.54. The number of likely N-dealkylation sites (N-methyl/N-ethyl adjacent to an activating group) is 1. The quantitative estimate of drug-likeness (QED) is 0.846. The highest BCUT2D eigenvalue weighted by atomic mass is 32.1. The van der Waals surface area contributed by atoms with Gasteiger partial charge in [-0.25, -0.2) is 4.98 Å². The van der Waals surface area contributed by atoms with Gasteiger partial charge in [0.25, 0.3) is 5.91 Å². The van der Waals surface area contributed by atoms with Crippen LogP contribution in [0.2, 0.25) is 0 Å². The maximum atomic E-state index is 12.2. The van der Waals surface area contributed by atoms with Crippen molar-refractivity contribution in [3.8, 4) is 0 Å². The van der Waals surface area contributed by atoms with E-state index in [-0.39, 0.29) is 11.9 Å². The predicted molar refractivity (Wildman–Crippen MR) is 92.8 cm³/mol. The maximum absolute atomic E-state index is 12.2. The first-order valence-electron chi connectivity index (χ1n) is 7.45. The monoisotopic (exact) mass is 333 g/mol. The van der Waals surface area contributed by atoms with Crippen molar-refractivity contribution < 1.29 is 9.53 Å². The van der Waals surface area contributed by atoms with Gasteiger partial charge in [-0.05, 0) is 26.6 Å². The molecule has 1 heterocycles. The van der Waals surface area contributed by atoms with Crippen LogP contribution in [0.15, 0.2) is 29.6 Å². The van der Waals surface area contributed by atoms with E-state index >= 15 is 0 Å². The molecule has 1 atom stereocenters. The second-order valence-corrected chi connectivity index (χ2v) is 6.60. The number of benzene rings is 1. The smallest absolute Gasteiger partial charge is 0.270 e. The second-order valence-electron chi connectivity index (χ2n) is 5.66. The Labute approximate surface area is 141 Å². The number of aryl methyl sites for hydroxylation is 1. The Kier molecular flexibility index (Phi) is 6.27. The van der Waals surface area contributed by atoms with Crippen molar-refractivity contribution in [2.24, 2.45) is 0 Å². The van der Waals surface area contributed by atoms with E-state index in [0.717, 1.165) is 5.01 Å². The highest BCUT2D eigenvalue weighted by Gasteiger charge is 2.17. The van der Waals surface area contributed by atoms with Gasteiger partial charge < -0.3 is 15.0 Å². The normalized spacial score (nSPS) is 12.4. The molecular weight excluding hydrogens is 310 g/mol. The number of nitrogens with one attached hydrogen (secondary N) is 1. The van der Waals surface area contributed by atoms with Crippen LogP contribution in [0.25, 0.3) is 0 Å². The average Bonchev–Trinajstić information content (AvgIpc) is 2.98. The number of hydrogen-bond acceptors (Lipinski definition) is 5. The zero-order chi connectivity index (χ0) is 16.8. The fourth-order valence-electron chi connectivity index (χ4n) is 2.27. The van der Waals surface area contributed by atoms with Crippen LogP contribution in [-0.4, -0.2) is 43.5 Å². The van der Waals surface area contributed by atoms with Crippen molar-refractivity contribution in [2.75, 3.05) is 27.7 Å². The van der Waals surface area contributed by atoms with Crippen molar-refractivity contribution in [3.05, 3.63) is 51.5 Å². The van der Waals surface area contributed by atoms with Gasteiger partial charge in [0.2, 0.25) is 0 Å². The SMILES string of the molecule is COCc1nc(C(=O)NCC(c2ccc(C)cc2)N(C)C)cs1. The molecule has 1 unspecified atom stereocenters. The maximum Gasteiger partial charge on any atom is 0.270 e. The molecule has 0 saturated carbocycles. The molecule has 1 aromatic carbocycles. The van der Waals surface area contributed by atoms with Crippen LogP contribution in [0.5, 0.6) is 0 Å². The summed E-state index contributed by atoms with van der Waals surface area (Å²) < 4.78 is 5.03. The van der Waals surface area contributed by atoms with E-state index in [9.17, 15) is 4.79 Å². The molecule has 0 spiro atoms. The Morgan fingerprint density at radius 2 is 2.04 bits per heavy atom. The molecule has 0 saturated heterocycles. The molecule has 1 aromatic heterocycles. The fourth-order valence-corrected chi connectivity index (χ4v) is 3.02. The number of nitrogens with zero attached hydrogens (tertiary/aromatic N) is 2. The molecular formula is C17H23N3O2S. The van der Waals surface area contributed by atoms with Gasteiger partial charge in [0, 0.05) is 19.0 Å². The number of carbonyl (C=O) groups excluding carboxylic acids is 1. The molecule has 5 nitrogen and oxygen atoms in total. The van der Waals surface area contributed by atoms with Crippen LogP contribution < -0.4 is 5.32 Å². The summed E-state index contributed by atoms with van der Waals surface area (Å²) in [5.74, 6) is -0.150. The van der Waals surface area contributed by atoms with E-state index in [1.54, 1.807) is 12.5 Å². The molecule has 1 N–H and O–H groups in total. The zero-order valence-electron chi connectivity index (χ0n) is 14.0. The predicted octanol–water partition coefficient (Wildman–Crippen LogP) is 2.63. The zero-order valence-corrected chi connectivity index (χ0v) is 14.8. The van der Waals surface area contributed by atoms with Crippen LogP contribution in [-0.2, 0) is 11.3 Å². The van der Waals surface area contributed by atoms with Crippen molar-refractivity contribution in [2.45, 2.75) is 19.6 Å². The lowest BCUT2D eigenvalue weighted by Crippen LogP contribution is -2.34. The summed E-state index contributed by atoms with van der Waals surface area (Å²) in [6.45, 7) is 3.03. The number of methoxy groups -OCH3 is 1. The third-order valence-corrected chi connectivity index (χ3v) is 4.42. The van der Waals surface area contributed by atoms with Crippen LogP contribution in [0.1, 0.15) is 32.7 Å². The third-order valence-electron chi connectivity index (χ3n) is 3.59. The van der Waals surface area contributed by atoms with Crippen molar-refractivity contribution in [3.63, 3.8) is 0 Å². The lowest BCUT2D eigenvalue weighted by molar-refractivity contribution is 0.0937. The molecule has 2 aromatic rings. The topological polar surface area (TPSA) is 54.5 Å². The van der Waals surface area contributed by atoms with Crippen LogP contribution in [0, 0.1) is 6.92 Å². The number of thiazole rings is 1. The Morgan fingerprint density at radius 3 is 2.65 bits per heavy atom. The average molecular weight is 333 g/mol. The van der Waals surface area contributed by atoms with Gasteiger partial charge in [-0.2, -0.15) is 0 Å². The molecule has 0 bridgehead atoms. The lowest BCUT2D eigenvalue weighted by atomic mass is 10.0. The van der Waals surface area contributed by atoms with Gasteiger partial charge in [-0.1, -0.05) is 29.8 Å². The molecule has 0 aliphatic rings. The lowest BCUT2D eigenvalue weighted by Gasteiger charge is -2.25. The Balaban J connectivity index is 2.00. The van der Waals surface area contributed by atoms with Crippen LogP contribution in [0.4, 0.5) is 0 Å². The molecule has 1 amide bonds. The van der Waals surface area contributed by atoms with E-state index in [1.807, 2.05) is 14.1 Å². The fraction of sp³-hybridized carbons (Fsp3) is 0.412. The van der Waals surface area contributed by atoms with Crippen molar-refractivity contribution in [1.29, 1.82) is 0 Å². The minimum Gasteiger partial charge on any atom is -0.378 e. The minimum absolute atomic E-state index is 0.122. The van der Waals surface area contributed by atoms with Gasteiger partial charge in [0.1, 0.15) is 10.7 Å². The van der Waals surface area contributed by atoms with E-state index in [2.05, 4.69) is 46.4 Å². The Hall–Kier alpha value is -1.76. The van der Waals surface area contributed by atoms with E-state index in [0.29, 0.717) is 18.8 Å². The summed E-state index contributed by atoms with van der Waals surface area (Å²) in [4.78, 5) is 18.6. The summed E-state index contributed by atoms with van der Waals surface area (Å²) in [6.07, 6.45) is 0. The van der Waals surface area contributed by atoms with Gasteiger partial charge >= 0.3 is 0 Å². The highest BCUT2D eigenvalue weighted by molar-refractivity contribution is 7.09. The summed E-state index contributed by atoms with van der Waals surface area (Å²) >= 11 is 1.43. The van der Waals surface area contributed by atoms with Gasteiger partial charge in [0.05, 0.1) is 12.6 Å². The number of ether oxygens (including phenoxy) is 1. The van der Waals surface area contributed by atoms with Crippen molar-refractivity contribution in [1.82, 2.24) is 15.2 Å². The molecule has 124 valence electrons. The van der Waals surface area contributed by atoms with E-state index < -0.39 is 0 Å². The number of amides is 1. The number of rotatable bonds is 7. The molecule has 0 aliphatic heterocycles. The largest absolute Gasteiger partial charge is 0.378 e. The first kappa shape index (κ1) is 17.6. The number of carbonyl (C=O) groups is 1. The highest BCUT2D eigenvalue weighted by Crippen LogP contribution is 2.18.